The van der Waals surface area contributed by atoms with E-state index in [1.165, 1.54) is 0 Å². The van der Waals surface area contributed by atoms with Crippen molar-refractivity contribution >= 4 is 20.9 Å². The van der Waals surface area contributed by atoms with Gasteiger partial charge in [0.05, 0.1) is 17.8 Å². The standard InChI is InChI=1S/C28H43O7P/c1-18(20(3)29)13-14-23(30)26-24(34-28(4,5)35-26)12-9-11-22-17-21(10-7-8-15-36-33-6)16-19(2)25(22)27(31)32/h9,11,13-14,16-18,20,23-24,26,29-30,36H,7-8,10,12,15H2,1-6H3,(H,31,32)/b11-9+,14-13-/t18-,20-,23?,24+,26+/m0/s1. The first-order valence-electron chi connectivity index (χ1n) is 12.6. The van der Waals surface area contributed by atoms with Gasteiger partial charge in [0, 0.05) is 15.9 Å². The highest BCUT2D eigenvalue weighted by atomic mass is 31.1. The van der Waals surface area contributed by atoms with Gasteiger partial charge in [-0.1, -0.05) is 43.4 Å². The quantitative estimate of drug-likeness (QED) is 0.177. The van der Waals surface area contributed by atoms with E-state index >= 15 is 0 Å². The molecule has 7 nitrogen and oxygen atoms in total. The maximum absolute atomic E-state index is 12.0. The van der Waals surface area contributed by atoms with Crippen LogP contribution in [0.15, 0.2) is 30.4 Å². The number of carboxylic acid groups (broad SMARTS) is 1. The SMILES string of the molecule is COPCCCCc1cc(C)c(C(=O)O)c(/C=C/C[C@H]2OC(C)(C)O[C@@H]2C(O)/C=C\[C@H](C)[C@H](C)O)c1. The fourth-order valence-corrected chi connectivity index (χ4v) is 4.91. The van der Waals surface area contributed by atoms with Crippen molar-refractivity contribution in [3.05, 3.63) is 52.6 Å². The number of carboxylic acids is 1. The summed E-state index contributed by atoms with van der Waals surface area (Å²) < 4.78 is 17.1. The minimum absolute atomic E-state index is 0.0984. The van der Waals surface area contributed by atoms with Gasteiger partial charge in [-0.3, -0.25) is 0 Å². The number of carbonyl (C=O) groups is 1. The molecule has 0 saturated carbocycles. The second-order valence-corrected chi connectivity index (χ2v) is 11.2. The Bertz CT molecular complexity index is 909. The number of aromatic carboxylic acids is 1. The summed E-state index contributed by atoms with van der Waals surface area (Å²) in [6.45, 7) is 9.03. The van der Waals surface area contributed by atoms with Crippen LogP contribution in [-0.4, -0.2) is 64.8 Å². The summed E-state index contributed by atoms with van der Waals surface area (Å²) in [5, 5.41) is 30.2. The molecule has 2 rings (SSSR count). The van der Waals surface area contributed by atoms with Crippen LogP contribution in [0.25, 0.3) is 6.08 Å². The summed E-state index contributed by atoms with van der Waals surface area (Å²) in [7, 11) is 2.23. The predicted octanol–water partition coefficient (Wildman–Crippen LogP) is 5.11. The molecule has 1 saturated heterocycles. The van der Waals surface area contributed by atoms with Crippen LogP contribution in [0.4, 0.5) is 0 Å². The molecule has 0 spiro atoms. The number of aliphatic hydroxyl groups excluding tert-OH is 2. The predicted molar refractivity (Wildman–Crippen MR) is 145 cm³/mol. The maximum Gasteiger partial charge on any atom is 0.336 e. The van der Waals surface area contributed by atoms with E-state index < -0.39 is 36.2 Å². The maximum atomic E-state index is 12.0. The fraction of sp³-hybridized carbons (Fsp3) is 0.607. The zero-order valence-electron chi connectivity index (χ0n) is 22.4. The lowest BCUT2D eigenvalue weighted by Crippen LogP contribution is -2.34. The van der Waals surface area contributed by atoms with E-state index in [0.29, 0.717) is 26.4 Å². The molecule has 8 heteroatoms. The van der Waals surface area contributed by atoms with Gasteiger partial charge in [-0.25, -0.2) is 4.79 Å². The lowest BCUT2D eigenvalue weighted by atomic mass is 9.95. The molecule has 36 heavy (non-hydrogen) atoms. The Morgan fingerprint density at radius 3 is 2.56 bits per heavy atom. The highest BCUT2D eigenvalue weighted by molar-refractivity contribution is 7.32. The van der Waals surface area contributed by atoms with Gasteiger partial charge in [0.15, 0.2) is 5.79 Å². The molecule has 1 heterocycles. The second kappa shape index (κ2) is 14.4. The van der Waals surface area contributed by atoms with Crippen molar-refractivity contribution in [2.45, 2.75) is 90.5 Å². The molecule has 0 aliphatic carbocycles. The number of hydrogen-bond acceptors (Lipinski definition) is 6. The first-order chi connectivity index (χ1) is 16.9. The first-order valence-corrected chi connectivity index (χ1v) is 13.8. The van der Waals surface area contributed by atoms with Gasteiger partial charge < -0.3 is 29.3 Å². The average molecular weight is 523 g/mol. The van der Waals surface area contributed by atoms with Gasteiger partial charge in [-0.05, 0) is 82.1 Å². The van der Waals surface area contributed by atoms with Crippen LogP contribution in [0.2, 0.25) is 0 Å². The van der Waals surface area contributed by atoms with Crippen molar-refractivity contribution < 1.29 is 34.1 Å². The monoisotopic (exact) mass is 522 g/mol. The third-order valence-electron chi connectivity index (χ3n) is 6.37. The molecule has 2 unspecified atom stereocenters. The largest absolute Gasteiger partial charge is 0.478 e. The van der Waals surface area contributed by atoms with E-state index in [0.717, 1.165) is 36.6 Å². The summed E-state index contributed by atoms with van der Waals surface area (Å²) >= 11 is 0. The Morgan fingerprint density at radius 2 is 1.92 bits per heavy atom. The summed E-state index contributed by atoms with van der Waals surface area (Å²) in [6, 6.07) is 3.91. The van der Waals surface area contributed by atoms with Crippen molar-refractivity contribution in [3.8, 4) is 0 Å². The molecule has 1 aromatic rings. The molecule has 1 aliphatic rings. The van der Waals surface area contributed by atoms with Crippen LogP contribution < -0.4 is 0 Å². The van der Waals surface area contributed by atoms with Crippen molar-refractivity contribution in [2.24, 2.45) is 5.92 Å². The van der Waals surface area contributed by atoms with Crippen LogP contribution in [0.1, 0.15) is 74.0 Å². The summed E-state index contributed by atoms with van der Waals surface area (Å²) in [4.78, 5) is 12.0. The molecule has 1 fully saturated rings. The number of aliphatic hydroxyl groups is 2. The molecule has 3 N–H and O–H groups in total. The van der Waals surface area contributed by atoms with Crippen LogP contribution >= 0.6 is 8.81 Å². The minimum atomic E-state index is -0.952. The Balaban J connectivity index is 2.15. The lowest BCUT2D eigenvalue weighted by Gasteiger charge is -2.20. The van der Waals surface area contributed by atoms with Crippen molar-refractivity contribution in [1.29, 1.82) is 0 Å². The Kier molecular flexibility index (Phi) is 12.2. The Labute approximate surface area is 217 Å². The van der Waals surface area contributed by atoms with Crippen molar-refractivity contribution in [1.82, 2.24) is 0 Å². The number of ether oxygens (including phenoxy) is 2. The molecule has 1 aromatic carbocycles. The number of rotatable bonds is 14. The Morgan fingerprint density at radius 1 is 1.19 bits per heavy atom. The van der Waals surface area contributed by atoms with E-state index in [4.69, 9.17) is 14.0 Å². The summed E-state index contributed by atoms with van der Waals surface area (Å²) in [5.74, 6) is -1.90. The number of benzene rings is 1. The molecular weight excluding hydrogens is 479 g/mol. The summed E-state index contributed by atoms with van der Waals surface area (Å²) in [5.41, 5.74) is 2.82. The van der Waals surface area contributed by atoms with E-state index in [-0.39, 0.29) is 5.92 Å². The number of hydrogen-bond donors (Lipinski definition) is 3. The van der Waals surface area contributed by atoms with Crippen molar-refractivity contribution in [2.75, 3.05) is 13.3 Å². The van der Waals surface area contributed by atoms with Gasteiger partial charge in [0.25, 0.3) is 0 Å². The highest BCUT2D eigenvalue weighted by Crippen LogP contribution is 2.33. The third kappa shape index (κ3) is 9.37. The van der Waals surface area contributed by atoms with Crippen LogP contribution in [0, 0.1) is 12.8 Å². The van der Waals surface area contributed by atoms with Crippen LogP contribution in [0.3, 0.4) is 0 Å². The summed E-state index contributed by atoms with van der Waals surface area (Å²) in [6.07, 6.45) is 9.20. The van der Waals surface area contributed by atoms with Crippen LogP contribution in [0.5, 0.6) is 0 Å². The highest BCUT2D eigenvalue weighted by Gasteiger charge is 2.43. The molecule has 202 valence electrons. The van der Waals surface area contributed by atoms with Crippen LogP contribution in [-0.2, 0) is 20.4 Å². The van der Waals surface area contributed by atoms with E-state index in [1.54, 1.807) is 40.0 Å². The molecular formula is C28H43O7P. The smallest absolute Gasteiger partial charge is 0.336 e. The third-order valence-corrected chi connectivity index (χ3v) is 7.22. The van der Waals surface area contributed by atoms with E-state index in [9.17, 15) is 20.1 Å². The zero-order chi connectivity index (χ0) is 26.9. The molecule has 6 atom stereocenters. The lowest BCUT2D eigenvalue weighted by molar-refractivity contribution is -0.152. The van der Waals surface area contributed by atoms with Gasteiger partial charge in [-0.15, -0.1) is 0 Å². The molecule has 0 amide bonds. The zero-order valence-corrected chi connectivity index (χ0v) is 23.4. The van der Waals surface area contributed by atoms with E-state index in [2.05, 4.69) is 0 Å². The molecule has 0 aromatic heterocycles. The van der Waals surface area contributed by atoms with Gasteiger partial charge in [0.1, 0.15) is 12.2 Å². The number of aryl methyl sites for hydroxylation is 2. The topological polar surface area (TPSA) is 105 Å². The second-order valence-electron chi connectivity index (χ2n) is 9.99. The average Bonchev–Trinajstić information content (AvgIpc) is 3.10. The Hall–Kier alpha value is -1.60. The molecule has 0 radical (unpaired) electrons. The van der Waals surface area contributed by atoms with Gasteiger partial charge >= 0.3 is 5.97 Å². The fourth-order valence-electron chi connectivity index (χ4n) is 4.31. The van der Waals surface area contributed by atoms with Crippen molar-refractivity contribution in [3.63, 3.8) is 0 Å². The molecule has 0 bridgehead atoms. The first kappa shape index (κ1) is 30.6. The minimum Gasteiger partial charge on any atom is -0.478 e. The van der Waals surface area contributed by atoms with Gasteiger partial charge in [-0.2, -0.15) is 0 Å². The number of unbranched alkanes of at least 4 members (excludes halogenated alkanes) is 1. The normalized spacial score (nSPS) is 22.7. The molecule has 1 aliphatic heterocycles. The van der Waals surface area contributed by atoms with E-state index in [1.807, 2.05) is 38.1 Å². The van der Waals surface area contributed by atoms with Gasteiger partial charge in [0.2, 0.25) is 0 Å².